The minimum Gasteiger partial charge on any atom is -0.390 e. The van der Waals surface area contributed by atoms with Crippen LogP contribution in [0.25, 0.3) is 0 Å². The summed E-state index contributed by atoms with van der Waals surface area (Å²) in [7, 11) is 2.04. The van der Waals surface area contributed by atoms with Crippen molar-refractivity contribution in [3.05, 3.63) is 16.1 Å². The first-order chi connectivity index (χ1) is 10.5. The number of aromatic nitrogens is 1. The van der Waals surface area contributed by atoms with Gasteiger partial charge in [-0.25, -0.2) is 4.98 Å². The number of likely N-dealkylation sites (N-methyl/N-ethyl adjacent to an activating group) is 1. The summed E-state index contributed by atoms with van der Waals surface area (Å²) in [6, 6.07) is 0. The Kier molecular flexibility index (Phi) is 6.77. The number of rotatable bonds is 7. The Labute approximate surface area is 137 Å². The van der Waals surface area contributed by atoms with Crippen molar-refractivity contribution in [1.82, 2.24) is 14.8 Å². The van der Waals surface area contributed by atoms with Crippen LogP contribution < -0.4 is 0 Å². The van der Waals surface area contributed by atoms with Crippen molar-refractivity contribution in [2.24, 2.45) is 0 Å². The van der Waals surface area contributed by atoms with Crippen LogP contribution in [0.2, 0.25) is 0 Å². The Morgan fingerprint density at radius 2 is 2.14 bits per heavy atom. The number of thiazole rings is 1. The molecular formula is C16H29N3O2S. The van der Waals surface area contributed by atoms with Crippen LogP contribution in [0.5, 0.6) is 0 Å². The van der Waals surface area contributed by atoms with Crippen LogP contribution in [0.4, 0.5) is 0 Å². The highest BCUT2D eigenvalue weighted by atomic mass is 32.1. The average Bonchev–Trinajstić information content (AvgIpc) is 2.84. The third-order valence-electron chi connectivity index (χ3n) is 3.84. The number of nitrogens with zero attached hydrogens (tertiary/aromatic N) is 3. The molecule has 22 heavy (non-hydrogen) atoms. The van der Waals surface area contributed by atoms with E-state index in [0.717, 1.165) is 31.1 Å². The number of hydrogen-bond acceptors (Lipinski definition) is 6. The minimum absolute atomic E-state index is 0.247. The van der Waals surface area contributed by atoms with Gasteiger partial charge in [0.1, 0.15) is 5.01 Å². The molecular weight excluding hydrogens is 298 g/mol. The van der Waals surface area contributed by atoms with Crippen molar-refractivity contribution in [3.63, 3.8) is 0 Å². The molecule has 1 fully saturated rings. The van der Waals surface area contributed by atoms with Crippen LogP contribution in [-0.2, 0) is 17.7 Å². The molecule has 0 spiro atoms. The predicted octanol–water partition coefficient (Wildman–Crippen LogP) is 1.61. The molecule has 6 heteroatoms. The molecule has 1 aliphatic rings. The third kappa shape index (κ3) is 5.59. The van der Waals surface area contributed by atoms with Crippen molar-refractivity contribution in [2.75, 3.05) is 33.2 Å². The van der Waals surface area contributed by atoms with E-state index in [4.69, 9.17) is 4.74 Å². The minimum atomic E-state index is -0.340. The normalized spacial score (nSPS) is 24.8. The fourth-order valence-electron chi connectivity index (χ4n) is 3.03. The topological polar surface area (TPSA) is 48.8 Å². The molecule has 1 aromatic rings. The maximum atomic E-state index is 10.3. The van der Waals surface area contributed by atoms with E-state index in [-0.39, 0.29) is 18.3 Å². The quantitative estimate of drug-likeness (QED) is 0.824. The number of aryl methyl sites for hydroxylation is 1. The van der Waals surface area contributed by atoms with Gasteiger partial charge in [-0.15, -0.1) is 11.3 Å². The average molecular weight is 327 g/mol. The summed E-state index contributed by atoms with van der Waals surface area (Å²) in [5.41, 5.74) is 0. The van der Waals surface area contributed by atoms with Crippen LogP contribution >= 0.6 is 11.3 Å². The molecule has 3 atom stereocenters. The summed E-state index contributed by atoms with van der Waals surface area (Å²) in [4.78, 5) is 10.2. The van der Waals surface area contributed by atoms with Crippen LogP contribution in [0.1, 0.15) is 30.7 Å². The number of aliphatic hydroxyl groups is 1. The third-order valence-corrected chi connectivity index (χ3v) is 4.97. The Morgan fingerprint density at radius 3 is 2.73 bits per heavy atom. The summed E-state index contributed by atoms with van der Waals surface area (Å²) in [6.07, 6.45) is 3.15. The molecule has 0 saturated carbocycles. The highest BCUT2D eigenvalue weighted by Crippen LogP contribution is 2.15. The lowest BCUT2D eigenvalue weighted by molar-refractivity contribution is -0.0777. The Bertz CT molecular complexity index is 444. The molecule has 0 amide bonds. The molecule has 1 aliphatic heterocycles. The van der Waals surface area contributed by atoms with Gasteiger partial charge >= 0.3 is 0 Å². The molecule has 126 valence electrons. The Hall–Kier alpha value is -0.530. The van der Waals surface area contributed by atoms with Crippen molar-refractivity contribution in [2.45, 2.75) is 52.0 Å². The number of morpholine rings is 1. The summed E-state index contributed by atoms with van der Waals surface area (Å²) in [5.74, 6) is 0. The van der Waals surface area contributed by atoms with E-state index in [2.05, 4.69) is 35.6 Å². The van der Waals surface area contributed by atoms with Crippen LogP contribution in [-0.4, -0.2) is 71.4 Å². The van der Waals surface area contributed by atoms with E-state index in [0.29, 0.717) is 13.1 Å². The number of hydrogen-bond donors (Lipinski definition) is 1. The van der Waals surface area contributed by atoms with Crippen LogP contribution in [0.3, 0.4) is 0 Å². The number of β-amino-alcohol motifs (C(OH)–C–C–N with tert-alkyl or cyclic N) is 1. The lowest BCUT2D eigenvalue weighted by atomic mass is 10.2. The van der Waals surface area contributed by atoms with E-state index in [1.807, 2.05) is 13.2 Å². The van der Waals surface area contributed by atoms with Gasteiger partial charge in [0.05, 0.1) is 24.9 Å². The molecule has 1 saturated heterocycles. The lowest BCUT2D eigenvalue weighted by Gasteiger charge is -2.36. The van der Waals surface area contributed by atoms with Gasteiger partial charge < -0.3 is 9.84 Å². The second-order valence-electron chi connectivity index (χ2n) is 6.40. The monoisotopic (exact) mass is 327 g/mol. The second kappa shape index (κ2) is 8.36. The lowest BCUT2D eigenvalue weighted by Crippen LogP contribution is -2.49. The van der Waals surface area contributed by atoms with Gasteiger partial charge in [0.25, 0.3) is 0 Å². The van der Waals surface area contributed by atoms with Gasteiger partial charge in [-0.05, 0) is 27.3 Å². The molecule has 0 aliphatic carbocycles. The van der Waals surface area contributed by atoms with E-state index in [9.17, 15) is 5.11 Å². The first-order valence-corrected chi connectivity index (χ1v) is 8.96. The fraction of sp³-hybridized carbons (Fsp3) is 0.812. The zero-order chi connectivity index (χ0) is 16.1. The van der Waals surface area contributed by atoms with Gasteiger partial charge in [0.15, 0.2) is 0 Å². The smallest absolute Gasteiger partial charge is 0.107 e. The summed E-state index contributed by atoms with van der Waals surface area (Å²) < 4.78 is 5.73. The Balaban J connectivity index is 1.74. The van der Waals surface area contributed by atoms with Crippen LogP contribution in [0, 0.1) is 0 Å². The highest BCUT2D eigenvalue weighted by Gasteiger charge is 2.24. The van der Waals surface area contributed by atoms with E-state index >= 15 is 0 Å². The predicted molar refractivity (Wildman–Crippen MR) is 90.3 cm³/mol. The summed E-state index contributed by atoms with van der Waals surface area (Å²) in [5, 5.41) is 11.5. The first kappa shape index (κ1) is 17.8. The van der Waals surface area contributed by atoms with Gasteiger partial charge in [-0.2, -0.15) is 0 Å². The Morgan fingerprint density at radius 1 is 1.45 bits per heavy atom. The zero-order valence-electron chi connectivity index (χ0n) is 14.2. The molecule has 5 nitrogen and oxygen atoms in total. The van der Waals surface area contributed by atoms with Crippen molar-refractivity contribution >= 4 is 11.3 Å². The van der Waals surface area contributed by atoms with Crippen molar-refractivity contribution in [3.8, 4) is 0 Å². The molecule has 2 heterocycles. The van der Waals surface area contributed by atoms with Gasteiger partial charge in [-0.1, -0.05) is 6.92 Å². The number of aliphatic hydroxyl groups excluding tert-OH is 1. The highest BCUT2D eigenvalue weighted by molar-refractivity contribution is 7.11. The molecule has 3 unspecified atom stereocenters. The zero-order valence-corrected chi connectivity index (χ0v) is 15.0. The van der Waals surface area contributed by atoms with Gasteiger partial charge in [0, 0.05) is 37.3 Å². The second-order valence-corrected chi connectivity index (χ2v) is 7.60. The van der Waals surface area contributed by atoms with E-state index in [1.165, 1.54) is 4.88 Å². The molecule has 1 aromatic heterocycles. The molecule has 1 N–H and O–H groups in total. The molecule has 0 aromatic carbocycles. The summed E-state index contributed by atoms with van der Waals surface area (Å²) in [6.45, 7) is 10.3. The molecule has 0 radical (unpaired) electrons. The number of ether oxygens (including phenoxy) is 1. The van der Waals surface area contributed by atoms with E-state index in [1.54, 1.807) is 11.3 Å². The fourth-order valence-corrected chi connectivity index (χ4v) is 3.97. The maximum absolute atomic E-state index is 10.3. The largest absolute Gasteiger partial charge is 0.390 e. The van der Waals surface area contributed by atoms with E-state index < -0.39 is 0 Å². The molecule has 0 bridgehead atoms. The van der Waals surface area contributed by atoms with Gasteiger partial charge in [-0.3, -0.25) is 9.80 Å². The standard InChI is InChI=1S/C16H29N3O2S/c1-5-15-6-17-16(22-15)11-18(4)9-14(20)10-19-7-12(2)21-13(3)8-19/h6,12-14,20H,5,7-11H2,1-4H3. The summed E-state index contributed by atoms with van der Waals surface area (Å²) >= 11 is 1.76. The van der Waals surface area contributed by atoms with Crippen LogP contribution in [0.15, 0.2) is 6.20 Å². The molecule has 2 rings (SSSR count). The SMILES string of the molecule is CCc1cnc(CN(C)CC(O)CN2CC(C)OC(C)C2)s1. The first-order valence-electron chi connectivity index (χ1n) is 8.14. The van der Waals surface area contributed by atoms with Crippen molar-refractivity contribution < 1.29 is 9.84 Å². The van der Waals surface area contributed by atoms with Crippen molar-refractivity contribution in [1.29, 1.82) is 0 Å². The maximum Gasteiger partial charge on any atom is 0.107 e. The van der Waals surface area contributed by atoms with Gasteiger partial charge in [0.2, 0.25) is 0 Å².